The van der Waals surface area contributed by atoms with E-state index in [0.29, 0.717) is 17.9 Å². The van der Waals surface area contributed by atoms with Gasteiger partial charge >= 0.3 is 6.03 Å². The summed E-state index contributed by atoms with van der Waals surface area (Å²) >= 11 is 0. The van der Waals surface area contributed by atoms with Crippen molar-refractivity contribution in [2.45, 2.75) is 84.0 Å². The van der Waals surface area contributed by atoms with Gasteiger partial charge in [0.15, 0.2) is 0 Å². The highest BCUT2D eigenvalue weighted by Crippen LogP contribution is 2.61. The van der Waals surface area contributed by atoms with Gasteiger partial charge in [0.2, 0.25) is 0 Å². The summed E-state index contributed by atoms with van der Waals surface area (Å²) in [6, 6.07) is 15.0. The summed E-state index contributed by atoms with van der Waals surface area (Å²) < 4.78 is 0. The Labute approximate surface area is 224 Å². The van der Waals surface area contributed by atoms with Crippen LogP contribution in [0.3, 0.4) is 0 Å². The molecule has 0 radical (unpaired) electrons. The molecule has 1 unspecified atom stereocenters. The van der Waals surface area contributed by atoms with Crippen molar-refractivity contribution in [2.24, 2.45) is 29.1 Å². The number of aromatic nitrogens is 1. The molecule has 4 saturated carbocycles. The lowest BCUT2D eigenvalue weighted by Gasteiger charge is -2.57. The Hall–Kier alpha value is -2.36. The summed E-state index contributed by atoms with van der Waals surface area (Å²) in [6.45, 7) is 4.76. The number of unbranched alkanes of at least 4 members (excludes halogenated alkanes) is 2. The number of carbonyl (C=O) groups excluding carboxylic acids is 1. The molecule has 37 heavy (non-hydrogen) atoms. The molecule has 4 bridgehead atoms. The van der Waals surface area contributed by atoms with Gasteiger partial charge < -0.3 is 10.2 Å². The SMILES string of the molecule is CCCCCN(CCC12CC3CC(CC(C3)C1)C2)C(=O)NCC(Cc1ccccc1)Cc1ccncc1. The maximum atomic E-state index is 13.6. The normalized spacial score (nSPS) is 26.7. The van der Waals surface area contributed by atoms with Gasteiger partial charge in [0.25, 0.3) is 0 Å². The zero-order valence-electron chi connectivity index (χ0n) is 22.9. The number of rotatable bonds is 13. The van der Waals surface area contributed by atoms with Crippen LogP contribution in [-0.2, 0) is 12.8 Å². The summed E-state index contributed by atoms with van der Waals surface area (Å²) in [4.78, 5) is 19.9. The van der Waals surface area contributed by atoms with Crippen LogP contribution in [-0.4, -0.2) is 35.5 Å². The van der Waals surface area contributed by atoms with E-state index in [0.717, 1.165) is 50.1 Å². The fraction of sp³-hybridized carbons (Fsp3) is 0.636. The molecular formula is C33H47N3O. The third kappa shape index (κ3) is 7.15. The average Bonchev–Trinajstić information content (AvgIpc) is 2.89. The Bertz CT molecular complexity index is 899. The Morgan fingerprint density at radius 1 is 0.919 bits per heavy atom. The number of amides is 2. The minimum atomic E-state index is 0.147. The van der Waals surface area contributed by atoms with Crippen LogP contribution in [0.25, 0.3) is 0 Å². The molecule has 200 valence electrons. The van der Waals surface area contributed by atoms with Gasteiger partial charge in [0, 0.05) is 32.0 Å². The molecule has 2 aromatic rings. The molecule has 2 amide bonds. The molecule has 1 atom stereocenters. The van der Waals surface area contributed by atoms with Crippen molar-refractivity contribution < 1.29 is 4.79 Å². The average molecular weight is 502 g/mol. The first-order chi connectivity index (χ1) is 18.1. The second kappa shape index (κ2) is 12.5. The molecule has 1 heterocycles. The molecule has 1 aromatic carbocycles. The van der Waals surface area contributed by atoms with E-state index in [1.54, 1.807) is 0 Å². The van der Waals surface area contributed by atoms with Gasteiger partial charge in [-0.3, -0.25) is 4.98 Å². The molecule has 6 rings (SSSR count). The van der Waals surface area contributed by atoms with E-state index in [1.807, 2.05) is 12.4 Å². The van der Waals surface area contributed by atoms with Crippen LogP contribution in [0.2, 0.25) is 0 Å². The smallest absolute Gasteiger partial charge is 0.317 e. The molecule has 4 fully saturated rings. The van der Waals surface area contributed by atoms with Crippen molar-refractivity contribution >= 4 is 6.03 Å². The van der Waals surface area contributed by atoms with Crippen molar-refractivity contribution in [3.8, 4) is 0 Å². The number of nitrogens with zero attached hydrogens (tertiary/aromatic N) is 2. The van der Waals surface area contributed by atoms with Gasteiger partial charge in [-0.15, -0.1) is 0 Å². The summed E-state index contributed by atoms with van der Waals surface area (Å²) in [5, 5.41) is 3.38. The van der Waals surface area contributed by atoms with Crippen LogP contribution in [0.15, 0.2) is 54.9 Å². The van der Waals surface area contributed by atoms with E-state index in [2.05, 4.69) is 64.6 Å². The van der Waals surface area contributed by atoms with E-state index in [-0.39, 0.29) is 6.03 Å². The van der Waals surface area contributed by atoms with Gasteiger partial charge in [0.1, 0.15) is 0 Å². The number of benzene rings is 1. The predicted octanol–water partition coefficient (Wildman–Crippen LogP) is 7.29. The van der Waals surface area contributed by atoms with Crippen LogP contribution >= 0.6 is 0 Å². The van der Waals surface area contributed by atoms with Gasteiger partial charge in [-0.25, -0.2) is 4.79 Å². The molecular weight excluding hydrogens is 454 g/mol. The fourth-order valence-electron chi connectivity index (χ4n) is 8.20. The first kappa shape index (κ1) is 26.3. The zero-order valence-corrected chi connectivity index (χ0v) is 22.9. The summed E-state index contributed by atoms with van der Waals surface area (Å²) in [6.07, 6.45) is 19.1. The number of hydrogen-bond donors (Lipinski definition) is 1. The topological polar surface area (TPSA) is 45.2 Å². The standard InChI is InChI=1S/C33H47N3O/c1-2-3-7-15-36(16-12-33-22-28-19-29(23-33)21-30(20-28)24-33)32(37)35-25-31(17-26-8-5-4-6-9-26)18-27-10-13-34-14-11-27/h4-6,8-11,13-14,28-31H,2-3,7,12,15-25H2,1H3,(H,35,37). The Kier molecular flexibility index (Phi) is 8.84. The maximum Gasteiger partial charge on any atom is 0.317 e. The Balaban J connectivity index is 1.20. The summed E-state index contributed by atoms with van der Waals surface area (Å²) in [5.74, 6) is 3.27. The van der Waals surface area contributed by atoms with Crippen molar-refractivity contribution in [2.75, 3.05) is 19.6 Å². The number of urea groups is 1. The molecule has 4 nitrogen and oxygen atoms in total. The van der Waals surface area contributed by atoms with Crippen LogP contribution in [0, 0.1) is 29.1 Å². The molecule has 4 aliphatic rings. The van der Waals surface area contributed by atoms with E-state index < -0.39 is 0 Å². The third-order valence-electron chi connectivity index (χ3n) is 9.58. The fourth-order valence-corrected chi connectivity index (χ4v) is 8.20. The van der Waals surface area contributed by atoms with Gasteiger partial charge in [-0.1, -0.05) is 50.1 Å². The molecule has 0 aliphatic heterocycles. The monoisotopic (exact) mass is 501 g/mol. The van der Waals surface area contributed by atoms with Crippen molar-refractivity contribution in [1.29, 1.82) is 0 Å². The van der Waals surface area contributed by atoms with Gasteiger partial charge in [-0.05, 0) is 117 Å². The Morgan fingerprint density at radius 2 is 1.54 bits per heavy atom. The molecule has 4 aliphatic carbocycles. The summed E-state index contributed by atoms with van der Waals surface area (Å²) in [7, 11) is 0. The molecule has 4 heteroatoms. The highest BCUT2D eigenvalue weighted by molar-refractivity contribution is 5.74. The zero-order chi connectivity index (χ0) is 25.5. The largest absolute Gasteiger partial charge is 0.338 e. The highest BCUT2D eigenvalue weighted by atomic mass is 16.2. The Morgan fingerprint density at radius 3 is 2.16 bits per heavy atom. The van der Waals surface area contributed by atoms with Crippen LogP contribution in [0.5, 0.6) is 0 Å². The second-order valence-electron chi connectivity index (χ2n) is 12.7. The lowest BCUT2D eigenvalue weighted by Crippen LogP contribution is -2.49. The number of carbonyl (C=O) groups is 1. The quantitative estimate of drug-likeness (QED) is 0.293. The van der Waals surface area contributed by atoms with Crippen LogP contribution in [0.4, 0.5) is 4.79 Å². The molecule has 1 aromatic heterocycles. The van der Waals surface area contributed by atoms with Gasteiger partial charge in [0.05, 0.1) is 0 Å². The minimum absolute atomic E-state index is 0.147. The summed E-state index contributed by atoms with van der Waals surface area (Å²) in [5.41, 5.74) is 3.14. The predicted molar refractivity (Wildman–Crippen MR) is 151 cm³/mol. The molecule has 0 spiro atoms. The van der Waals surface area contributed by atoms with Crippen LogP contribution in [0.1, 0.15) is 82.3 Å². The van der Waals surface area contributed by atoms with Gasteiger partial charge in [-0.2, -0.15) is 0 Å². The van der Waals surface area contributed by atoms with E-state index in [9.17, 15) is 4.79 Å². The lowest BCUT2D eigenvalue weighted by molar-refractivity contribution is -0.0596. The second-order valence-corrected chi connectivity index (χ2v) is 12.7. The number of hydrogen-bond acceptors (Lipinski definition) is 2. The van der Waals surface area contributed by atoms with Crippen molar-refractivity contribution in [1.82, 2.24) is 15.2 Å². The van der Waals surface area contributed by atoms with Crippen molar-refractivity contribution in [3.63, 3.8) is 0 Å². The highest BCUT2D eigenvalue weighted by Gasteiger charge is 2.50. The lowest BCUT2D eigenvalue weighted by atomic mass is 9.49. The van der Waals surface area contributed by atoms with E-state index in [4.69, 9.17) is 0 Å². The van der Waals surface area contributed by atoms with E-state index >= 15 is 0 Å². The maximum absolute atomic E-state index is 13.6. The molecule has 1 N–H and O–H groups in total. The number of nitrogens with one attached hydrogen (secondary N) is 1. The first-order valence-corrected chi connectivity index (χ1v) is 15.1. The molecule has 0 saturated heterocycles. The van der Waals surface area contributed by atoms with E-state index in [1.165, 1.54) is 68.9 Å². The first-order valence-electron chi connectivity index (χ1n) is 15.1. The third-order valence-corrected chi connectivity index (χ3v) is 9.58. The van der Waals surface area contributed by atoms with Crippen LogP contribution < -0.4 is 5.32 Å². The van der Waals surface area contributed by atoms with Crippen molar-refractivity contribution in [3.05, 3.63) is 66.0 Å². The minimum Gasteiger partial charge on any atom is -0.338 e. The number of pyridine rings is 1.